The molecule has 3 rings (SSSR count). The summed E-state index contributed by atoms with van der Waals surface area (Å²) in [6.45, 7) is 0.442. The largest absolute Gasteiger partial charge is 0.493 e. The van der Waals surface area contributed by atoms with Crippen molar-refractivity contribution >= 4 is 17.1 Å². The molecule has 136 valence electrons. The molecule has 0 atom stereocenters. The Balaban J connectivity index is 2.13. The molecule has 1 aliphatic rings. The molecule has 1 amide bonds. The topological polar surface area (TPSA) is 66.0 Å². The van der Waals surface area contributed by atoms with Gasteiger partial charge in [0.05, 0.1) is 34.0 Å². The maximum atomic E-state index is 12.5. The molecule has 0 saturated heterocycles. The van der Waals surface area contributed by atoms with Gasteiger partial charge in [-0.25, -0.2) is 0 Å². The van der Waals surface area contributed by atoms with Crippen LogP contribution in [0.3, 0.4) is 0 Å². The highest BCUT2D eigenvalue weighted by Crippen LogP contribution is 2.37. The van der Waals surface area contributed by atoms with Gasteiger partial charge in [-0.15, -0.1) is 0 Å². The Morgan fingerprint density at radius 3 is 1.77 bits per heavy atom. The van der Waals surface area contributed by atoms with E-state index in [0.717, 1.165) is 16.7 Å². The minimum absolute atomic E-state index is 0.123. The number of ether oxygens (including phenoxy) is 4. The molecule has 26 heavy (non-hydrogen) atoms. The zero-order valence-electron chi connectivity index (χ0n) is 15.2. The molecule has 0 unspecified atom stereocenters. The lowest BCUT2D eigenvalue weighted by Gasteiger charge is -2.12. The van der Waals surface area contributed by atoms with Crippen molar-refractivity contribution in [2.75, 3.05) is 35.0 Å². The summed E-state index contributed by atoms with van der Waals surface area (Å²) in [6.07, 6.45) is 0. The van der Waals surface area contributed by atoms with Gasteiger partial charge in [0.25, 0.3) is 5.91 Å². The van der Waals surface area contributed by atoms with Crippen molar-refractivity contribution in [3.05, 3.63) is 47.5 Å². The Morgan fingerprint density at radius 1 is 0.731 bits per heavy atom. The highest BCUT2D eigenvalue weighted by molar-refractivity contribution is 6.30. The highest BCUT2D eigenvalue weighted by atomic mass is 16.5. The predicted molar refractivity (Wildman–Crippen MR) is 98.9 cm³/mol. The van der Waals surface area contributed by atoms with E-state index in [0.29, 0.717) is 35.1 Å². The second-order valence-electron chi connectivity index (χ2n) is 5.68. The summed E-state index contributed by atoms with van der Waals surface area (Å²) in [7, 11) is 6.32. The van der Waals surface area contributed by atoms with Crippen LogP contribution in [-0.4, -0.2) is 40.9 Å². The molecule has 0 bridgehead atoms. The zero-order valence-corrected chi connectivity index (χ0v) is 15.2. The van der Waals surface area contributed by atoms with E-state index in [-0.39, 0.29) is 5.91 Å². The molecule has 0 saturated carbocycles. The Hall–Kier alpha value is -3.15. The van der Waals surface area contributed by atoms with Gasteiger partial charge in [-0.05, 0) is 41.0 Å². The molecule has 0 aromatic heterocycles. The first-order valence-corrected chi connectivity index (χ1v) is 8.09. The molecule has 0 spiro atoms. The van der Waals surface area contributed by atoms with Crippen LogP contribution in [0.1, 0.15) is 11.1 Å². The second-order valence-corrected chi connectivity index (χ2v) is 5.68. The molecular weight excluding hydrogens is 334 g/mol. The van der Waals surface area contributed by atoms with Crippen LogP contribution in [-0.2, 0) is 4.79 Å². The van der Waals surface area contributed by atoms with E-state index >= 15 is 0 Å². The molecule has 1 aliphatic heterocycles. The molecular formula is C20H21NO5. The highest BCUT2D eigenvalue weighted by Gasteiger charge is 2.26. The normalized spacial score (nSPS) is 13.5. The fraction of sp³-hybridized carbons (Fsp3) is 0.250. The summed E-state index contributed by atoms with van der Waals surface area (Å²) >= 11 is 0. The van der Waals surface area contributed by atoms with Crippen molar-refractivity contribution in [2.24, 2.45) is 0 Å². The van der Waals surface area contributed by atoms with Crippen LogP contribution in [0.5, 0.6) is 23.0 Å². The summed E-state index contributed by atoms with van der Waals surface area (Å²) in [6, 6.07) is 11.1. The van der Waals surface area contributed by atoms with Crippen LogP contribution in [0.4, 0.5) is 0 Å². The lowest BCUT2D eigenvalue weighted by molar-refractivity contribution is -0.114. The van der Waals surface area contributed by atoms with Crippen LogP contribution in [0.15, 0.2) is 36.4 Å². The fourth-order valence-corrected chi connectivity index (χ4v) is 3.05. The Bertz CT molecular complexity index is 873. The fourth-order valence-electron chi connectivity index (χ4n) is 3.05. The van der Waals surface area contributed by atoms with E-state index in [1.165, 1.54) is 0 Å². The molecule has 1 heterocycles. The average Bonchev–Trinajstić information content (AvgIpc) is 3.08. The van der Waals surface area contributed by atoms with E-state index in [4.69, 9.17) is 18.9 Å². The minimum atomic E-state index is -0.123. The first-order chi connectivity index (χ1) is 12.6. The predicted octanol–water partition coefficient (Wildman–Crippen LogP) is 2.76. The Kier molecular flexibility index (Phi) is 5.02. The van der Waals surface area contributed by atoms with Crippen molar-refractivity contribution in [2.45, 2.75) is 0 Å². The summed E-state index contributed by atoms with van der Waals surface area (Å²) < 4.78 is 21.3. The third-order valence-corrected chi connectivity index (χ3v) is 4.36. The number of carbonyl (C=O) groups is 1. The van der Waals surface area contributed by atoms with Gasteiger partial charge >= 0.3 is 0 Å². The number of hydrogen-bond acceptors (Lipinski definition) is 5. The molecule has 1 N–H and O–H groups in total. The van der Waals surface area contributed by atoms with Gasteiger partial charge in [0.15, 0.2) is 23.0 Å². The van der Waals surface area contributed by atoms with Gasteiger partial charge < -0.3 is 24.3 Å². The average molecular weight is 355 g/mol. The van der Waals surface area contributed by atoms with Crippen LogP contribution >= 0.6 is 0 Å². The number of hydrogen-bond donors (Lipinski definition) is 1. The number of methoxy groups -OCH3 is 4. The van der Waals surface area contributed by atoms with Crippen LogP contribution in [0.25, 0.3) is 11.1 Å². The van der Waals surface area contributed by atoms with Crippen LogP contribution in [0.2, 0.25) is 0 Å². The minimum Gasteiger partial charge on any atom is -0.493 e. The second kappa shape index (κ2) is 7.39. The Morgan fingerprint density at radius 2 is 1.23 bits per heavy atom. The van der Waals surface area contributed by atoms with E-state index < -0.39 is 0 Å². The van der Waals surface area contributed by atoms with E-state index in [9.17, 15) is 4.79 Å². The molecule has 6 heteroatoms. The van der Waals surface area contributed by atoms with Gasteiger partial charge in [0.1, 0.15) is 0 Å². The lowest BCUT2D eigenvalue weighted by Crippen LogP contribution is -2.17. The maximum Gasteiger partial charge on any atom is 0.252 e. The van der Waals surface area contributed by atoms with Crippen molar-refractivity contribution in [3.8, 4) is 23.0 Å². The van der Waals surface area contributed by atoms with Gasteiger partial charge in [-0.1, -0.05) is 12.1 Å². The summed E-state index contributed by atoms with van der Waals surface area (Å²) in [5.74, 6) is 2.32. The third-order valence-electron chi connectivity index (χ3n) is 4.36. The molecule has 6 nitrogen and oxygen atoms in total. The van der Waals surface area contributed by atoms with E-state index in [1.807, 2.05) is 24.3 Å². The number of benzene rings is 2. The first-order valence-electron chi connectivity index (χ1n) is 8.09. The number of nitrogens with one attached hydrogen (secondary N) is 1. The SMILES string of the molecule is COc1ccc(C2=C(c3ccc(OC)c(OC)c3)C(=O)NC2)cc1OC. The number of carbonyl (C=O) groups excluding carboxylic acids is 1. The monoisotopic (exact) mass is 355 g/mol. The van der Waals surface area contributed by atoms with E-state index in [2.05, 4.69) is 5.32 Å². The first kappa shape index (κ1) is 17.7. The standard InChI is InChI=1S/C20H21NO5/c1-23-15-7-5-12(9-17(15)25-3)14-11-21-20(22)19(14)13-6-8-16(24-2)18(10-13)26-4/h5-10H,11H2,1-4H3,(H,21,22). The summed E-state index contributed by atoms with van der Waals surface area (Å²) in [4.78, 5) is 12.5. The van der Waals surface area contributed by atoms with Crippen molar-refractivity contribution in [1.29, 1.82) is 0 Å². The summed E-state index contributed by atoms with van der Waals surface area (Å²) in [5, 5.41) is 2.89. The number of rotatable bonds is 6. The smallest absolute Gasteiger partial charge is 0.252 e. The van der Waals surface area contributed by atoms with Crippen molar-refractivity contribution in [1.82, 2.24) is 5.32 Å². The summed E-state index contributed by atoms with van der Waals surface area (Å²) in [5.41, 5.74) is 3.16. The molecule has 0 aliphatic carbocycles. The lowest BCUT2D eigenvalue weighted by atomic mass is 9.96. The molecule has 0 radical (unpaired) electrons. The molecule has 0 fully saturated rings. The maximum absolute atomic E-state index is 12.5. The molecule has 2 aromatic rings. The van der Waals surface area contributed by atoms with Crippen molar-refractivity contribution in [3.63, 3.8) is 0 Å². The van der Waals surface area contributed by atoms with Crippen molar-refractivity contribution < 1.29 is 23.7 Å². The molecule has 2 aromatic carbocycles. The van der Waals surface area contributed by atoms with E-state index in [1.54, 1.807) is 40.6 Å². The van der Waals surface area contributed by atoms with Gasteiger partial charge in [0, 0.05) is 6.54 Å². The number of amides is 1. The van der Waals surface area contributed by atoms with Gasteiger partial charge in [-0.2, -0.15) is 0 Å². The quantitative estimate of drug-likeness (QED) is 0.863. The third kappa shape index (κ3) is 3.06. The van der Waals surface area contributed by atoms with Gasteiger partial charge in [-0.3, -0.25) is 4.79 Å². The Labute approximate surface area is 152 Å². The zero-order chi connectivity index (χ0) is 18.7. The van der Waals surface area contributed by atoms with Crippen LogP contribution in [0, 0.1) is 0 Å². The van der Waals surface area contributed by atoms with Gasteiger partial charge in [0.2, 0.25) is 0 Å². The van der Waals surface area contributed by atoms with Crippen LogP contribution < -0.4 is 24.3 Å².